The monoisotopic (exact) mass is 301 g/mol. The fraction of sp³-hybridized carbons (Fsp3) is 0.417. The minimum atomic E-state index is -4.71. The molecule has 0 spiro atoms. The Morgan fingerprint density at radius 2 is 1.90 bits per heavy atom. The van der Waals surface area contributed by atoms with Crippen molar-refractivity contribution in [3.8, 4) is 11.5 Å². The van der Waals surface area contributed by atoms with Crippen molar-refractivity contribution in [3.63, 3.8) is 0 Å². The number of carbonyl (C=O) groups is 1. The standard InChI is InChI=1S/C12H12FNO5S/c13-20(16,17)9-6-12(15)14(7-9)8-1-2-10-11(5-8)19-4-3-18-10/h1-2,5,9H,3-4,6-7H2. The second-order valence-corrected chi connectivity index (χ2v) is 6.25. The van der Waals surface area contributed by atoms with Crippen LogP contribution in [0.1, 0.15) is 6.42 Å². The summed E-state index contributed by atoms with van der Waals surface area (Å²) in [5.41, 5.74) is 0.477. The SMILES string of the molecule is O=C1CC(S(=O)(=O)F)CN1c1ccc2c(c1)OCCO2. The molecule has 20 heavy (non-hydrogen) atoms. The second kappa shape index (κ2) is 4.62. The zero-order valence-electron chi connectivity index (χ0n) is 10.4. The molecule has 108 valence electrons. The molecule has 0 N–H and O–H groups in total. The van der Waals surface area contributed by atoms with Crippen molar-refractivity contribution < 1.29 is 26.6 Å². The molecule has 1 aromatic rings. The van der Waals surface area contributed by atoms with E-state index in [-0.39, 0.29) is 13.0 Å². The van der Waals surface area contributed by atoms with E-state index >= 15 is 0 Å². The summed E-state index contributed by atoms with van der Waals surface area (Å²) in [7, 11) is -4.71. The lowest BCUT2D eigenvalue weighted by Gasteiger charge is -2.22. The number of nitrogens with zero attached hydrogens (tertiary/aromatic N) is 1. The number of carbonyl (C=O) groups excluding carboxylic acids is 1. The van der Waals surface area contributed by atoms with Crippen molar-refractivity contribution in [3.05, 3.63) is 18.2 Å². The number of fused-ring (bicyclic) bond motifs is 1. The summed E-state index contributed by atoms with van der Waals surface area (Å²) in [5, 5.41) is -1.30. The molecule has 6 nitrogen and oxygen atoms in total. The lowest BCUT2D eigenvalue weighted by atomic mass is 10.2. The average molecular weight is 301 g/mol. The van der Waals surface area contributed by atoms with Crippen molar-refractivity contribution in [2.75, 3.05) is 24.7 Å². The molecule has 1 unspecified atom stereocenters. The second-order valence-electron chi connectivity index (χ2n) is 4.63. The van der Waals surface area contributed by atoms with Gasteiger partial charge in [0.25, 0.3) is 0 Å². The molecule has 0 bridgehead atoms. The van der Waals surface area contributed by atoms with E-state index in [9.17, 15) is 17.1 Å². The molecule has 1 saturated heterocycles. The Hall–Kier alpha value is -1.83. The maximum Gasteiger partial charge on any atom is 0.307 e. The van der Waals surface area contributed by atoms with Gasteiger partial charge in [0, 0.05) is 24.7 Å². The van der Waals surface area contributed by atoms with Crippen LogP contribution in [0.25, 0.3) is 0 Å². The summed E-state index contributed by atoms with van der Waals surface area (Å²) < 4.78 is 45.5. The highest BCUT2D eigenvalue weighted by Crippen LogP contribution is 2.35. The highest BCUT2D eigenvalue weighted by atomic mass is 32.3. The van der Waals surface area contributed by atoms with Crippen LogP contribution in [0.3, 0.4) is 0 Å². The maximum atomic E-state index is 13.0. The molecule has 2 aliphatic heterocycles. The first kappa shape index (κ1) is 13.2. The quantitative estimate of drug-likeness (QED) is 0.758. The third kappa shape index (κ3) is 2.31. The van der Waals surface area contributed by atoms with Crippen molar-refractivity contribution in [1.82, 2.24) is 0 Å². The van der Waals surface area contributed by atoms with Gasteiger partial charge in [0.1, 0.15) is 18.5 Å². The summed E-state index contributed by atoms with van der Waals surface area (Å²) in [4.78, 5) is 13.1. The lowest BCUT2D eigenvalue weighted by molar-refractivity contribution is -0.117. The molecule has 1 amide bonds. The molecule has 1 fully saturated rings. The molecule has 0 radical (unpaired) electrons. The third-order valence-electron chi connectivity index (χ3n) is 3.33. The Morgan fingerprint density at radius 3 is 2.55 bits per heavy atom. The number of halogens is 1. The van der Waals surface area contributed by atoms with Gasteiger partial charge in [-0.1, -0.05) is 0 Å². The van der Waals surface area contributed by atoms with Crippen LogP contribution in [0.4, 0.5) is 9.57 Å². The predicted octanol–water partition coefficient (Wildman–Crippen LogP) is 0.862. The van der Waals surface area contributed by atoms with E-state index in [4.69, 9.17) is 9.47 Å². The van der Waals surface area contributed by atoms with Gasteiger partial charge in [-0.15, -0.1) is 3.89 Å². The van der Waals surface area contributed by atoms with Crippen molar-refractivity contribution in [2.24, 2.45) is 0 Å². The highest BCUT2D eigenvalue weighted by molar-refractivity contribution is 7.87. The van der Waals surface area contributed by atoms with Gasteiger partial charge in [0.2, 0.25) is 5.91 Å². The largest absolute Gasteiger partial charge is 0.486 e. The van der Waals surface area contributed by atoms with E-state index in [0.29, 0.717) is 30.4 Å². The maximum absolute atomic E-state index is 13.0. The molecule has 0 aliphatic carbocycles. The fourth-order valence-corrected chi connectivity index (χ4v) is 2.98. The Labute approximate surface area is 115 Å². The van der Waals surface area contributed by atoms with Gasteiger partial charge in [-0.2, -0.15) is 8.42 Å². The summed E-state index contributed by atoms with van der Waals surface area (Å²) in [6.07, 6.45) is -0.340. The number of benzene rings is 1. The van der Waals surface area contributed by atoms with Gasteiger partial charge in [-0.05, 0) is 12.1 Å². The van der Waals surface area contributed by atoms with E-state index in [1.807, 2.05) is 0 Å². The van der Waals surface area contributed by atoms with E-state index in [0.717, 1.165) is 0 Å². The predicted molar refractivity (Wildman–Crippen MR) is 68.2 cm³/mol. The molecule has 1 atom stereocenters. The highest BCUT2D eigenvalue weighted by Gasteiger charge is 2.39. The Balaban J connectivity index is 1.88. The first-order valence-corrected chi connectivity index (χ1v) is 7.53. The van der Waals surface area contributed by atoms with Gasteiger partial charge in [-0.3, -0.25) is 4.79 Å². The molecule has 0 saturated carbocycles. The molecule has 2 aliphatic rings. The van der Waals surface area contributed by atoms with Crippen LogP contribution in [-0.2, 0) is 15.0 Å². The van der Waals surface area contributed by atoms with Crippen LogP contribution < -0.4 is 14.4 Å². The number of ether oxygens (including phenoxy) is 2. The molecule has 0 aromatic heterocycles. The topological polar surface area (TPSA) is 72.9 Å². The minimum Gasteiger partial charge on any atom is -0.486 e. The van der Waals surface area contributed by atoms with E-state index in [2.05, 4.69) is 0 Å². The summed E-state index contributed by atoms with van der Waals surface area (Å²) in [6, 6.07) is 4.87. The van der Waals surface area contributed by atoms with Crippen molar-refractivity contribution >= 4 is 21.8 Å². The van der Waals surface area contributed by atoms with Gasteiger partial charge >= 0.3 is 10.2 Å². The number of hydrogen-bond acceptors (Lipinski definition) is 5. The smallest absolute Gasteiger partial charge is 0.307 e. The Bertz CT molecular complexity index is 660. The molecule has 8 heteroatoms. The van der Waals surface area contributed by atoms with Gasteiger partial charge < -0.3 is 14.4 Å². The zero-order valence-corrected chi connectivity index (χ0v) is 11.2. The average Bonchev–Trinajstić information content (AvgIpc) is 2.80. The van der Waals surface area contributed by atoms with Crippen LogP contribution in [0, 0.1) is 0 Å². The zero-order chi connectivity index (χ0) is 14.3. The lowest BCUT2D eigenvalue weighted by Crippen LogP contribution is -2.27. The van der Waals surface area contributed by atoms with E-state index < -0.39 is 21.4 Å². The van der Waals surface area contributed by atoms with Crippen LogP contribution in [0.15, 0.2) is 18.2 Å². The van der Waals surface area contributed by atoms with Gasteiger partial charge in [0.15, 0.2) is 11.5 Å². The molecular formula is C12H12FNO5S. The van der Waals surface area contributed by atoms with Crippen LogP contribution in [-0.4, -0.2) is 39.3 Å². The Morgan fingerprint density at radius 1 is 1.20 bits per heavy atom. The van der Waals surface area contributed by atoms with Crippen LogP contribution in [0.2, 0.25) is 0 Å². The fourth-order valence-electron chi connectivity index (χ4n) is 2.31. The van der Waals surface area contributed by atoms with Crippen LogP contribution >= 0.6 is 0 Å². The molecular weight excluding hydrogens is 289 g/mol. The normalized spacial score (nSPS) is 22.1. The number of anilines is 1. The van der Waals surface area contributed by atoms with Crippen LogP contribution in [0.5, 0.6) is 11.5 Å². The van der Waals surface area contributed by atoms with E-state index in [1.165, 1.54) is 4.90 Å². The summed E-state index contributed by atoms with van der Waals surface area (Å²) in [6.45, 7) is 0.681. The molecule has 1 aromatic carbocycles. The Kier molecular flexibility index (Phi) is 3.04. The first-order valence-electron chi connectivity index (χ1n) is 6.08. The minimum absolute atomic E-state index is 0.183. The first-order chi connectivity index (χ1) is 9.45. The molecule has 3 rings (SSSR count). The summed E-state index contributed by atoms with van der Waals surface area (Å²) >= 11 is 0. The number of rotatable bonds is 2. The van der Waals surface area contributed by atoms with Gasteiger partial charge in [0.05, 0.1) is 0 Å². The third-order valence-corrected chi connectivity index (χ3v) is 4.44. The van der Waals surface area contributed by atoms with Crippen molar-refractivity contribution in [1.29, 1.82) is 0 Å². The summed E-state index contributed by atoms with van der Waals surface area (Å²) in [5.74, 6) is 0.641. The molecule has 2 heterocycles. The van der Waals surface area contributed by atoms with E-state index in [1.54, 1.807) is 18.2 Å². The number of hydrogen-bond donors (Lipinski definition) is 0. The van der Waals surface area contributed by atoms with Crippen molar-refractivity contribution in [2.45, 2.75) is 11.7 Å². The van der Waals surface area contributed by atoms with Gasteiger partial charge in [-0.25, -0.2) is 0 Å². The number of amides is 1.